The third-order valence-corrected chi connectivity index (χ3v) is 5.52. The molecule has 168 valence electrons. The second-order valence-electron chi connectivity index (χ2n) is 7.29. The van der Waals surface area contributed by atoms with Gasteiger partial charge in [-0.2, -0.15) is 0 Å². The summed E-state index contributed by atoms with van der Waals surface area (Å²) in [6, 6.07) is 4.73. The molecule has 0 saturated carbocycles. The Labute approximate surface area is 180 Å². The van der Waals surface area contributed by atoms with Crippen molar-refractivity contribution in [2.75, 3.05) is 52.4 Å². The summed E-state index contributed by atoms with van der Waals surface area (Å²) in [6.07, 6.45) is 0.694. The first-order valence-electron chi connectivity index (χ1n) is 9.93. The Morgan fingerprint density at radius 2 is 1.48 bits per heavy atom. The number of hydrogen-bond acceptors (Lipinski definition) is 7. The van der Waals surface area contributed by atoms with Gasteiger partial charge in [-0.15, -0.1) is 0 Å². The van der Waals surface area contributed by atoms with Crippen molar-refractivity contribution in [3.8, 4) is 17.2 Å². The largest absolute Gasteiger partial charge is 0.493 e. The minimum Gasteiger partial charge on any atom is -0.493 e. The predicted molar refractivity (Wildman–Crippen MR) is 116 cm³/mol. The van der Waals surface area contributed by atoms with Crippen LogP contribution in [0.5, 0.6) is 17.2 Å². The second kappa shape index (κ2) is 9.15. The molecule has 3 rings (SSSR count). The zero-order chi connectivity index (χ0) is 22.7. The lowest BCUT2D eigenvalue weighted by Gasteiger charge is -2.25. The predicted octanol–water partition coefficient (Wildman–Crippen LogP) is 0.462. The quantitative estimate of drug-likeness (QED) is 0.678. The lowest BCUT2D eigenvalue weighted by atomic mass is 10.1. The molecule has 31 heavy (non-hydrogen) atoms. The zero-order valence-corrected chi connectivity index (χ0v) is 18.5. The summed E-state index contributed by atoms with van der Waals surface area (Å²) in [5.41, 5.74) is -0.297. The van der Waals surface area contributed by atoms with E-state index in [-0.39, 0.29) is 17.2 Å². The Morgan fingerprint density at radius 3 is 2.06 bits per heavy atom. The summed E-state index contributed by atoms with van der Waals surface area (Å²) in [7, 11) is 7.61. The molecule has 2 aromatic rings. The summed E-state index contributed by atoms with van der Waals surface area (Å²) in [5, 5.41) is 0. The molecule has 2 heterocycles. The molecule has 0 atom stereocenters. The molecule has 10 nitrogen and oxygen atoms in total. The van der Waals surface area contributed by atoms with Crippen molar-refractivity contribution < 1.29 is 19.0 Å². The number of nitrogens with zero attached hydrogens (tertiary/aromatic N) is 4. The normalized spacial score (nSPS) is 14.2. The molecule has 1 aromatic carbocycles. The highest BCUT2D eigenvalue weighted by molar-refractivity contribution is 5.95. The molecular weight excluding hydrogens is 404 g/mol. The number of ether oxygens (including phenoxy) is 3. The number of aromatic nitrogens is 2. The summed E-state index contributed by atoms with van der Waals surface area (Å²) < 4.78 is 18.6. The molecule has 1 aromatic heterocycles. The minimum absolute atomic E-state index is 0.154. The van der Waals surface area contributed by atoms with Gasteiger partial charge in [0.15, 0.2) is 11.5 Å². The maximum Gasteiger partial charge on any atom is 0.332 e. The Balaban J connectivity index is 1.84. The van der Waals surface area contributed by atoms with Gasteiger partial charge in [0.05, 0.1) is 21.3 Å². The molecule has 10 heteroatoms. The van der Waals surface area contributed by atoms with E-state index in [1.807, 2.05) is 4.90 Å². The van der Waals surface area contributed by atoms with E-state index >= 15 is 0 Å². The van der Waals surface area contributed by atoms with Crippen LogP contribution in [0.4, 0.5) is 5.82 Å². The van der Waals surface area contributed by atoms with E-state index in [1.165, 1.54) is 39.0 Å². The molecule has 1 aliphatic rings. The molecule has 0 aliphatic carbocycles. The zero-order valence-electron chi connectivity index (χ0n) is 18.5. The highest BCUT2D eigenvalue weighted by Gasteiger charge is 2.24. The minimum atomic E-state index is -0.378. The topological polar surface area (TPSA) is 95.2 Å². The van der Waals surface area contributed by atoms with Gasteiger partial charge in [0.25, 0.3) is 11.5 Å². The van der Waals surface area contributed by atoms with Crippen LogP contribution in [-0.2, 0) is 14.1 Å². The molecule has 1 aliphatic heterocycles. The molecule has 0 bridgehead atoms. The molecule has 1 saturated heterocycles. The standard InChI is InChI=1S/C21H28N4O6/c1-22-17(13-18(26)23(2)21(22)28)24-7-6-8-25(10-9-24)20(27)14-11-15(29-3)19(31-5)16(12-14)30-4/h11-13H,6-10H2,1-5H3. The van der Waals surface area contributed by atoms with Crippen molar-refractivity contribution in [3.63, 3.8) is 0 Å². The number of rotatable bonds is 5. The van der Waals surface area contributed by atoms with Gasteiger partial charge < -0.3 is 24.0 Å². The fourth-order valence-corrected chi connectivity index (χ4v) is 3.76. The monoisotopic (exact) mass is 432 g/mol. The lowest BCUT2D eigenvalue weighted by Crippen LogP contribution is -2.41. The third kappa shape index (κ3) is 4.23. The number of carbonyl (C=O) groups excluding carboxylic acids is 1. The smallest absolute Gasteiger partial charge is 0.332 e. The van der Waals surface area contributed by atoms with E-state index in [1.54, 1.807) is 24.1 Å². The highest BCUT2D eigenvalue weighted by atomic mass is 16.5. The van der Waals surface area contributed by atoms with E-state index in [4.69, 9.17) is 14.2 Å². The molecule has 0 spiro atoms. The summed E-state index contributed by atoms with van der Waals surface area (Å²) in [6.45, 7) is 2.11. The summed E-state index contributed by atoms with van der Waals surface area (Å²) in [5.74, 6) is 1.65. The van der Waals surface area contributed by atoms with Crippen LogP contribution in [0.25, 0.3) is 0 Å². The van der Waals surface area contributed by atoms with E-state index in [9.17, 15) is 14.4 Å². The van der Waals surface area contributed by atoms with Crippen molar-refractivity contribution in [1.82, 2.24) is 14.0 Å². The number of hydrogen-bond donors (Lipinski definition) is 0. The first-order chi connectivity index (χ1) is 14.8. The lowest BCUT2D eigenvalue weighted by molar-refractivity contribution is 0.0766. The Morgan fingerprint density at radius 1 is 0.839 bits per heavy atom. The number of methoxy groups -OCH3 is 3. The van der Waals surface area contributed by atoms with E-state index in [0.29, 0.717) is 61.2 Å². The summed E-state index contributed by atoms with van der Waals surface area (Å²) >= 11 is 0. The van der Waals surface area contributed by atoms with Crippen molar-refractivity contribution >= 4 is 11.7 Å². The number of anilines is 1. The average Bonchev–Trinajstić information content (AvgIpc) is 3.04. The molecule has 1 fully saturated rings. The first-order valence-corrected chi connectivity index (χ1v) is 9.93. The fourth-order valence-electron chi connectivity index (χ4n) is 3.76. The maximum absolute atomic E-state index is 13.2. The van der Waals surface area contributed by atoms with Crippen molar-refractivity contribution in [2.45, 2.75) is 6.42 Å². The molecule has 0 unspecified atom stereocenters. The van der Waals surface area contributed by atoms with Gasteiger partial charge in [0, 0.05) is 51.9 Å². The third-order valence-electron chi connectivity index (χ3n) is 5.52. The molecular formula is C21H28N4O6. The Bertz CT molecular complexity index is 1070. The first kappa shape index (κ1) is 22.3. The van der Waals surface area contributed by atoms with Crippen LogP contribution in [0.1, 0.15) is 16.8 Å². The van der Waals surface area contributed by atoms with Crippen LogP contribution in [0.3, 0.4) is 0 Å². The van der Waals surface area contributed by atoms with Gasteiger partial charge in [-0.05, 0) is 18.6 Å². The highest BCUT2D eigenvalue weighted by Crippen LogP contribution is 2.38. The van der Waals surface area contributed by atoms with Gasteiger partial charge in [-0.3, -0.25) is 18.7 Å². The molecule has 1 amide bonds. The van der Waals surface area contributed by atoms with E-state index in [0.717, 1.165) is 4.57 Å². The van der Waals surface area contributed by atoms with Crippen LogP contribution < -0.4 is 30.4 Å². The van der Waals surface area contributed by atoms with Crippen LogP contribution in [0.15, 0.2) is 27.8 Å². The van der Waals surface area contributed by atoms with Crippen molar-refractivity contribution in [2.24, 2.45) is 14.1 Å². The Hall–Kier alpha value is -3.43. The maximum atomic E-state index is 13.2. The number of carbonyl (C=O) groups is 1. The van der Waals surface area contributed by atoms with Gasteiger partial charge in [0.2, 0.25) is 5.75 Å². The second-order valence-corrected chi connectivity index (χ2v) is 7.29. The summed E-state index contributed by atoms with van der Waals surface area (Å²) in [4.78, 5) is 41.3. The van der Waals surface area contributed by atoms with E-state index < -0.39 is 0 Å². The van der Waals surface area contributed by atoms with Gasteiger partial charge in [0.1, 0.15) is 5.82 Å². The van der Waals surface area contributed by atoms with Crippen LogP contribution in [-0.4, -0.2) is 67.4 Å². The Kier molecular flexibility index (Phi) is 6.57. The van der Waals surface area contributed by atoms with E-state index in [2.05, 4.69) is 0 Å². The average molecular weight is 432 g/mol. The number of amides is 1. The van der Waals surface area contributed by atoms with Gasteiger partial charge >= 0.3 is 5.69 Å². The van der Waals surface area contributed by atoms with Crippen LogP contribution >= 0.6 is 0 Å². The van der Waals surface area contributed by atoms with Gasteiger partial charge in [-0.1, -0.05) is 0 Å². The fraction of sp³-hybridized carbons (Fsp3) is 0.476. The number of benzene rings is 1. The van der Waals surface area contributed by atoms with Crippen molar-refractivity contribution in [1.29, 1.82) is 0 Å². The molecule has 0 N–H and O–H groups in total. The molecule has 0 radical (unpaired) electrons. The van der Waals surface area contributed by atoms with Crippen molar-refractivity contribution in [3.05, 3.63) is 44.6 Å². The van der Waals surface area contributed by atoms with Crippen LogP contribution in [0, 0.1) is 0 Å². The van der Waals surface area contributed by atoms with Gasteiger partial charge in [-0.25, -0.2) is 4.79 Å². The SMILES string of the molecule is COc1cc(C(=O)N2CCCN(c3cc(=O)n(C)c(=O)n3C)CC2)cc(OC)c1OC. The van der Waals surface area contributed by atoms with Crippen LogP contribution in [0.2, 0.25) is 0 Å².